The number of anilines is 1. The van der Waals surface area contributed by atoms with Gasteiger partial charge in [-0.15, -0.1) is 0 Å². The standard InChI is InChI=1S/C15H19FN2O/c16-13-6-2-3-7-14(13)18(15(19)12-8-9-12)17-10-4-1-5-11-17/h2-3,6-7,12H,1,4-5,8-11H2. The lowest BCUT2D eigenvalue weighted by Crippen LogP contribution is -2.50. The molecule has 19 heavy (non-hydrogen) atoms. The fourth-order valence-corrected chi connectivity index (χ4v) is 2.61. The van der Waals surface area contributed by atoms with Gasteiger partial charge in [0, 0.05) is 19.0 Å². The monoisotopic (exact) mass is 262 g/mol. The third-order valence-electron chi connectivity index (χ3n) is 3.83. The van der Waals surface area contributed by atoms with Crippen LogP contribution in [0.2, 0.25) is 0 Å². The molecule has 1 aromatic carbocycles. The number of para-hydroxylation sites is 1. The zero-order chi connectivity index (χ0) is 13.2. The van der Waals surface area contributed by atoms with Crippen LogP contribution in [0.5, 0.6) is 0 Å². The summed E-state index contributed by atoms with van der Waals surface area (Å²) in [5.74, 6) is -0.157. The molecule has 0 N–H and O–H groups in total. The molecule has 2 aliphatic rings. The van der Waals surface area contributed by atoms with E-state index in [0.29, 0.717) is 5.69 Å². The summed E-state index contributed by atoms with van der Waals surface area (Å²) in [5.41, 5.74) is 0.404. The van der Waals surface area contributed by atoms with Gasteiger partial charge in [0.1, 0.15) is 5.82 Å². The van der Waals surface area contributed by atoms with Gasteiger partial charge in [0.2, 0.25) is 5.91 Å². The van der Waals surface area contributed by atoms with Gasteiger partial charge >= 0.3 is 0 Å². The highest BCUT2D eigenvalue weighted by Crippen LogP contribution is 2.34. The summed E-state index contributed by atoms with van der Waals surface area (Å²) in [6, 6.07) is 6.57. The lowest BCUT2D eigenvalue weighted by Gasteiger charge is -2.37. The van der Waals surface area contributed by atoms with Gasteiger partial charge in [0.25, 0.3) is 0 Å². The first kappa shape index (κ1) is 12.6. The van der Waals surface area contributed by atoms with Crippen molar-refractivity contribution in [3.63, 3.8) is 0 Å². The Hall–Kier alpha value is -1.42. The number of hydrogen-bond acceptors (Lipinski definition) is 2. The van der Waals surface area contributed by atoms with Gasteiger partial charge in [-0.1, -0.05) is 18.6 Å². The fourth-order valence-electron chi connectivity index (χ4n) is 2.61. The van der Waals surface area contributed by atoms with Gasteiger partial charge in [0.15, 0.2) is 0 Å². The molecule has 0 aromatic heterocycles. The second-order valence-electron chi connectivity index (χ2n) is 5.39. The molecule has 1 aliphatic carbocycles. The minimum Gasteiger partial charge on any atom is -0.273 e. The highest BCUT2D eigenvalue weighted by Gasteiger charge is 2.37. The molecule has 4 heteroatoms. The van der Waals surface area contributed by atoms with Crippen molar-refractivity contribution in [1.29, 1.82) is 0 Å². The largest absolute Gasteiger partial charge is 0.273 e. The number of hydrazine groups is 1. The number of amides is 1. The maximum atomic E-state index is 14.0. The second-order valence-corrected chi connectivity index (χ2v) is 5.39. The predicted octanol–water partition coefficient (Wildman–Crippen LogP) is 2.97. The highest BCUT2D eigenvalue weighted by atomic mass is 19.1. The third kappa shape index (κ3) is 2.63. The quantitative estimate of drug-likeness (QED) is 0.836. The molecule has 1 saturated heterocycles. The van der Waals surface area contributed by atoms with Crippen LogP contribution in [0, 0.1) is 11.7 Å². The molecule has 102 valence electrons. The first-order chi connectivity index (χ1) is 9.27. The van der Waals surface area contributed by atoms with Crippen molar-refractivity contribution in [1.82, 2.24) is 5.01 Å². The summed E-state index contributed by atoms with van der Waals surface area (Å²) in [6.45, 7) is 1.68. The molecule has 0 unspecified atom stereocenters. The zero-order valence-electron chi connectivity index (χ0n) is 11.0. The lowest BCUT2D eigenvalue weighted by atomic mass is 10.1. The van der Waals surface area contributed by atoms with E-state index in [9.17, 15) is 9.18 Å². The van der Waals surface area contributed by atoms with Crippen molar-refractivity contribution < 1.29 is 9.18 Å². The summed E-state index contributed by atoms with van der Waals surface area (Å²) in [4.78, 5) is 12.5. The second kappa shape index (κ2) is 5.29. The Kier molecular flexibility index (Phi) is 3.51. The number of benzene rings is 1. The first-order valence-corrected chi connectivity index (χ1v) is 7.11. The molecule has 3 rings (SSSR count). The maximum absolute atomic E-state index is 14.0. The number of hydrogen-bond donors (Lipinski definition) is 0. The number of piperidine rings is 1. The summed E-state index contributed by atoms with van der Waals surface area (Å²) in [7, 11) is 0. The fraction of sp³-hybridized carbons (Fsp3) is 0.533. The van der Waals surface area contributed by atoms with Gasteiger partial charge in [0.05, 0.1) is 5.69 Å². The molecule has 1 aromatic rings. The number of rotatable bonds is 3. The Balaban J connectivity index is 1.91. The van der Waals surface area contributed by atoms with E-state index in [4.69, 9.17) is 0 Å². The topological polar surface area (TPSA) is 23.6 Å². The molecule has 1 aliphatic heterocycles. The predicted molar refractivity (Wildman–Crippen MR) is 72.0 cm³/mol. The van der Waals surface area contributed by atoms with Crippen LogP contribution in [0.25, 0.3) is 0 Å². The summed E-state index contributed by atoms with van der Waals surface area (Å²) in [6.07, 6.45) is 5.22. The Morgan fingerprint density at radius 1 is 1.16 bits per heavy atom. The van der Waals surface area contributed by atoms with Crippen molar-refractivity contribution in [3.8, 4) is 0 Å². The van der Waals surface area contributed by atoms with E-state index in [-0.39, 0.29) is 17.6 Å². The molecule has 1 amide bonds. The Labute approximate surface area is 113 Å². The van der Waals surface area contributed by atoms with Gasteiger partial charge in [-0.05, 0) is 37.8 Å². The molecule has 0 bridgehead atoms. The Morgan fingerprint density at radius 2 is 1.84 bits per heavy atom. The zero-order valence-corrected chi connectivity index (χ0v) is 11.0. The van der Waals surface area contributed by atoms with Gasteiger partial charge in [-0.25, -0.2) is 14.4 Å². The molecular weight excluding hydrogens is 243 g/mol. The van der Waals surface area contributed by atoms with E-state index in [1.807, 2.05) is 5.01 Å². The van der Waals surface area contributed by atoms with Crippen LogP contribution in [-0.4, -0.2) is 24.0 Å². The average molecular weight is 262 g/mol. The highest BCUT2D eigenvalue weighted by molar-refractivity contribution is 5.95. The number of nitrogens with zero attached hydrogens (tertiary/aromatic N) is 2. The van der Waals surface area contributed by atoms with Crippen LogP contribution in [0.1, 0.15) is 32.1 Å². The molecule has 3 nitrogen and oxygen atoms in total. The van der Waals surface area contributed by atoms with E-state index < -0.39 is 0 Å². The lowest BCUT2D eigenvalue weighted by molar-refractivity contribution is -0.123. The molecular formula is C15H19FN2O. The van der Waals surface area contributed by atoms with Crippen molar-refractivity contribution in [2.75, 3.05) is 18.1 Å². The van der Waals surface area contributed by atoms with Crippen LogP contribution >= 0.6 is 0 Å². The average Bonchev–Trinajstić information content (AvgIpc) is 3.27. The van der Waals surface area contributed by atoms with E-state index in [0.717, 1.165) is 38.8 Å². The van der Waals surface area contributed by atoms with E-state index in [1.54, 1.807) is 23.2 Å². The molecule has 1 saturated carbocycles. The van der Waals surface area contributed by atoms with E-state index >= 15 is 0 Å². The number of carbonyl (C=O) groups is 1. The normalized spacial score (nSPS) is 20.3. The van der Waals surface area contributed by atoms with Crippen molar-refractivity contribution >= 4 is 11.6 Å². The van der Waals surface area contributed by atoms with Crippen molar-refractivity contribution in [2.24, 2.45) is 5.92 Å². The number of halogens is 1. The van der Waals surface area contributed by atoms with Crippen molar-refractivity contribution in [3.05, 3.63) is 30.1 Å². The first-order valence-electron chi connectivity index (χ1n) is 7.11. The smallest absolute Gasteiger partial charge is 0.244 e. The van der Waals surface area contributed by atoms with Gasteiger partial charge in [-0.2, -0.15) is 0 Å². The summed E-state index contributed by atoms with van der Waals surface area (Å²) < 4.78 is 14.0. The number of carbonyl (C=O) groups excluding carboxylic acids is 1. The van der Waals surface area contributed by atoms with Crippen LogP contribution in [0.3, 0.4) is 0 Å². The molecule has 0 radical (unpaired) electrons. The van der Waals surface area contributed by atoms with Crippen molar-refractivity contribution in [2.45, 2.75) is 32.1 Å². The molecule has 1 heterocycles. The third-order valence-corrected chi connectivity index (χ3v) is 3.83. The SMILES string of the molecule is O=C(C1CC1)N(c1ccccc1F)N1CCCCC1. The van der Waals surface area contributed by atoms with Crippen LogP contribution in [0.4, 0.5) is 10.1 Å². The summed E-state index contributed by atoms with van der Waals surface area (Å²) >= 11 is 0. The van der Waals surface area contributed by atoms with Gasteiger partial charge < -0.3 is 0 Å². The maximum Gasteiger partial charge on any atom is 0.244 e. The Bertz CT molecular complexity index is 467. The van der Waals surface area contributed by atoms with E-state index in [2.05, 4.69) is 0 Å². The van der Waals surface area contributed by atoms with Crippen LogP contribution in [0.15, 0.2) is 24.3 Å². The van der Waals surface area contributed by atoms with Crippen LogP contribution < -0.4 is 5.01 Å². The van der Waals surface area contributed by atoms with E-state index in [1.165, 1.54) is 12.5 Å². The minimum absolute atomic E-state index is 0.0620. The molecule has 0 atom stereocenters. The van der Waals surface area contributed by atoms with Crippen LogP contribution in [-0.2, 0) is 4.79 Å². The molecule has 0 spiro atoms. The molecule has 2 fully saturated rings. The Morgan fingerprint density at radius 3 is 2.47 bits per heavy atom. The van der Waals surface area contributed by atoms with Gasteiger partial charge in [-0.3, -0.25) is 4.79 Å². The minimum atomic E-state index is -0.318. The summed E-state index contributed by atoms with van der Waals surface area (Å²) in [5, 5.41) is 3.62.